The molecule has 0 radical (unpaired) electrons. The van der Waals surface area contributed by atoms with Crippen LogP contribution < -0.4 is 4.90 Å². The van der Waals surface area contributed by atoms with E-state index in [1.807, 2.05) is 13.0 Å². The van der Waals surface area contributed by atoms with Gasteiger partial charge in [0.2, 0.25) is 0 Å². The number of anilines is 1. The van der Waals surface area contributed by atoms with Crippen molar-refractivity contribution in [2.45, 2.75) is 58.8 Å². The summed E-state index contributed by atoms with van der Waals surface area (Å²) in [5, 5.41) is 11.8. The van der Waals surface area contributed by atoms with Crippen LogP contribution in [0.2, 0.25) is 0 Å². The highest BCUT2D eigenvalue weighted by atomic mass is 32.1. The first kappa shape index (κ1) is 31.4. The first-order valence-corrected chi connectivity index (χ1v) is 17.1. The summed E-state index contributed by atoms with van der Waals surface area (Å²) in [5.74, 6) is 1.46. The van der Waals surface area contributed by atoms with Crippen molar-refractivity contribution in [1.82, 2.24) is 24.3 Å². The highest BCUT2D eigenvalue weighted by Crippen LogP contribution is 2.44. The van der Waals surface area contributed by atoms with Crippen LogP contribution in [-0.4, -0.2) is 89.5 Å². The van der Waals surface area contributed by atoms with Crippen molar-refractivity contribution in [2.24, 2.45) is 5.41 Å². The molecule has 3 aliphatic rings. The molecule has 0 saturated carbocycles. The SMILES string of the molecule is CCc1nc(N2CCC3(CCN(Cc4ccc5c(cc(C#N)n5CCN5CCOCC5)c4C)C3)C2)c2cc(CC(F)(F)F)sc2n1. The van der Waals surface area contributed by atoms with E-state index in [1.165, 1.54) is 11.1 Å². The van der Waals surface area contributed by atoms with Crippen LogP contribution in [-0.2, 0) is 30.7 Å². The van der Waals surface area contributed by atoms with Gasteiger partial charge in [0, 0.05) is 80.0 Å². The van der Waals surface area contributed by atoms with E-state index in [9.17, 15) is 18.4 Å². The molecule has 8 nitrogen and oxygen atoms in total. The Morgan fingerprint density at radius 1 is 1.00 bits per heavy atom. The second-order valence-electron chi connectivity index (χ2n) is 13.2. The van der Waals surface area contributed by atoms with Crippen LogP contribution in [0, 0.1) is 23.7 Å². The summed E-state index contributed by atoms with van der Waals surface area (Å²) in [7, 11) is 0. The van der Waals surface area contributed by atoms with Crippen LogP contribution in [0.4, 0.5) is 19.0 Å². The number of alkyl halides is 3. The molecule has 0 amide bonds. The number of fused-ring (bicyclic) bond motifs is 2. The fourth-order valence-electron chi connectivity index (χ4n) is 7.63. The van der Waals surface area contributed by atoms with Gasteiger partial charge in [0.1, 0.15) is 28.2 Å². The number of rotatable bonds is 8. The molecule has 1 aromatic carbocycles. The third-order valence-corrected chi connectivity index (χ3v) is 11.2. The highest BCUT2D eigenvalue weighted by molar-refractivity contribution is 7.18. The van der Waals surface area contributed by atoms with E-state index in [4.69, 9.17) is 9.72 Å². The highest BCUT2D eigenvalue weighted by Gasteiger charge is 2.44. The third kappa shape index (κ3) is 6.22. The third-order valence-electron chi connectivity index (χ3n) is 10.1. The number of nitrogens with zero attached hydrogens (tertiary/aromatic N) is 7. The number of benzene rings is 1. The minimum Gasteiger partial charge on any atom is -0.379 e. The zero-order valence-corrected chi connectivity index (χ0v) is 27.3. The van der Waals surface area contributed by atoms with Crippen molar-refractivity contribution >= 4 is 38.3 Å². The molecule has 7 rings (SSSR count). The Morgan fingerprint density at radius 3 is 2.57 bits per heavy atom. The Labute approximate surface area is 271 Å². The number of hydrogen-bond donors (Lipinski definition) is 0. The number of hydrogen-bond acceptors (Lipinski definition) is 8. The first-order chi connectivity index (χ1) is 22.1. The zero-order chi connectivity index (χ0) is 32.1. The average Bonchev–Trinajstić information content (AvgIpc) is 3.82. The topological polar surface area (TPSA) is 73.5 Å². The van der Waals surface area contributed by atoms with Crippen LogP contribution in [0.3, 0.4) is 0 Å². The second-order valence-corrected chi connectivity index (χ2v) is 14.3. The molecule has 12 heteroatoms. The summed E-state index contributed by atoms with van der Waals surface area (Å²) in [6.07, 6.45) is -2.43. The van der Waals surface area contributed by atoms with E-state index in [0.717, 1.165) is 118 Å². The maximum atomic E-state index is 13.2. The molecular weight excluding hydrogens is 611 g/mol. The lowest BCUT2D eigenvalue weighted by molar-refractivity contribution is -0.126. The second kappa shape index (κ2) is 12.4. The van der Waals surface area contributed by atoms with Crippen molar-refractivity contribution in [3.8, 4) is 6.07 Å². The fraction of sp³-hybridized carbons (Fsp3) is 0.559. The summed E-state index contributed by atoms with van der Waals surface area (Å²) in [6, 6.07) is 10.5. The molecule has 6 heterocycles. The lowest BCUT2D eigenvalue weighted by atomic mass is 9.86. The summed E-state index contributed by atoms with van der Waals surface area (Å²) in [5.41, 5.74) is 4.47. The maximum Gasteiger partial charge on any atom is 0.393 e. The van der Waals surface area contributed by atoms with Crippen LogP contribution in [0.15, 0.2) is 24.3 Å². The minimum absolute atomic E-state index is 0.128. The van der Waals surface area contributed by atoms with Crippen LogP contribution in [0.5, 0.6) is 0 Å². The standard InChI is InChI=1S/C34H40F3N7OS/c1-3-30-39-31(28-17-26(18-34(35,36)37)46-32(28)40-30)43-9-7-33(22-43)6-8-42(21-33)20-24-4-5-29-27(23(24)2)16-25(19-38)44(29)11-10-41-12-14-45-15-13-41/h4-5,16-17H,3,6-15,18,20-22H2,1-2H3. The largest absolute Gasteiger partial charge is 0.393 e. The van der Waals surface area contributed by atoms with E-state index < -0.39 is 12.6 Å². The van der Waals surface area contributed by atoms with Crippen LogP contribution in [0.25, 0.3) is 21.1 Å². The number of morpholine rings is 1. The fourth-order valence-corrected chi connectivity index (χ4v) is 8.70. The number of thiophene rings is 1. The van der Waals surface area contributed by atoms with Gasteiger partial charge < -0.3 is 14.2 Å². The molecular formula is C34H40F3N7OS. The Morgan fingerprint density at radius 2 is 1.80 bits per heavy atom. The van der Waals surface area contributed by atoms with Gasteiger partial charge in [-0.05, 0) is 55.6 Å². The van der Waals surface area contributed by atoms with Crippen molar-refractivity contribution in [2.75, 3.05) is 63.9 Å². The van der Waals surface area contributed by atoms with Crippen molar-refractivity contribution in [3.05, 3.63) is 51.8 Å². The Hall–Kier alpha value is -3.24. The molecule has 46 heavy (non-hydrogen) atoms. The van der Waals surface area contributed by atoms with Gasteiger partial charge in [-0.15, -0.1) is 11.3 Å². The molecule has 3 aromatic heterocycles. The predicted molar refractivity (Wildman–Crippen MR) is 174 cm³/mol. The van der Waals surface area contributed by atoms with Gasteiger partial charge in [-0.2, -0.15) is 18.4 Å². The Kier molecular flexibility index (Phi) is 8.46. The van der Waals surface area contributed by atoms with Gasteiger partial charge in [0.25, 0.3) is 0 Å². The van der Waals surface area contributed by atoms with Gasteiger partial charge in [-0.3, -0.25) is 9.80 Å². The smallest absolute Gasteiger partial charge is 0.379 e. The molecule has 0 N–H and O–H groups in total. The number of ether oxygens (including phenoxy) is 1. The minimum atomic E-state index is -4.25. The lowest BCUT2D eigenvalue weighted by Gasteiger charge is -2.27. The predicted octanol–water partition coefficient (Wildman–Crippen LogP) is 5.93. The van der Waals surface area contributed by atoms with Crippen molar-refractivity contribution < 1.29 is 17.9 Å². The van der Waals surface area contributed by atoms with E-state index >= 15 is 0 Å². The molecule has 4 aromatic rings. The number of likely N-dealkylation sites (tertiary alicyclic amines) is 1. The number of nitriles is 1. The van der Waals surface area contributed by atoms with Crippen LogP contribution >= 0.6 is 11.3 Å². The molecule has 1 spiro atoms. The Balaban J connectivity index is 1.06. The molecule has 0 aliphatic carbocycles. The van der Waals surface area contributed by atoms with E-state index in [0.29, 0.717) is 22.8 Å². The molecule has 1 atom stereocenters. The normalized spacial score (nSPS) is 21.3. The zero-order valence-electron chi connectivity index (χ0n) is 26.5. The first-order valence-electron chi connectivity index (χ1n) is 16.3. The Bertz CT molecular complexity index is 1790. The van der Waals surface area contributed by atoms with Crippen molar-refractivity contribution in [1.29, 1.82) is 5.26 Å². The molecule has 3 fully saturated rings. The monoisotopic (exact) mass is 651 g/mol. The van der Waals surface area contributed by atoms with Gasteiger partial charge in [-0.25, -0.2) is 9.97 Å². The lowest BCUT2D eigenvalue weighted by Crippen LogP contribution is -2.38. The van der Waals surface area contributed by atoms with E-state index in [-0.39, 0.29) is 10.3 Å². The summed E-state index contributed by atoms with van der Waals surface area (Å²) >= 11 is 1.13. The number of aryl methyl sites for hydroxylation is 2. The number of aromatic nitrogens is 3. The van der Waals surface area contributed by atoms with Gasteiger partial charge in [-0.1, -0.05) is 13.0 Å². The quantitative estimate of drug-likeness (QED) is 0.234. The summed E-state index contributed by atoms with van der Waals surface area (Å²) < 4.78 is 47.2. The van der Waals surface area contributed by atoms with E-state index in [2.05, 4.69) is 49.4 Å². The maximum absolute atomic E-state index is 13.2. The van der Waals surface area contributed by atoms with Crippen LogP contribution in [0.1, 0.15) is 47.3 Å². The molecule has 3 aliphatic heterocycles. The summed E-state index contributed by atoms with van der Waals surface area (Å²) in [6.45, 7) is 13.7. The average molecular weight is 652 g/mol. The molecule has 244 valence electrons. The van der Waals surface area contributed by atoms with Gasteiger partial charge in [0.05, 0.1) is 25.0 Å². The molecule has 0 bridgehead atoms. The van der Waals surface area contributed by atoms with Crippen molar-refractivity contribution in [3.63, 3.8) is 0 Å². The van der Waals surface area contributed by atoms with Gasteiger partial charge in [0.15, 0.2) is 0 Å². The number of halogens is 3. The molecule has 1 unspecified atom stereocenters. The van der Waals surface area contributed by atoms with E-state index in [1.54, 1.807) is 6.07 Å². The molecule has 3 saturated heterocycles. The summed E-state index contributed by atoms with van der Waals surface area (Å²) in [4.78, 5) is 17.6. The van der Waals surface area contributed by atoms with Gasteiger partial charge >= 0.3 is 6.18 Å².